The molecule has 0 unspecified atom stereocenters. The fourth-order valence-electron chi connectivity index (χ4n) is 2.39. The smallest absolute Gasteiger partial charge is 0.271 e. The highest BCUT2D eigenvalue weighted by atomic mass is 32.2. The number of carbonyl (C=O) groups is 1. The van der Waals surface area contributed by atoms with Crippen molar-refractivity contribution in [2.75, 3.05) is 10.0 Å². The van der Waals surface area contributed by atoms with Gasteiger partial charge in [0.05, 0.1) is 0 Å². The van der Waals surface area contributed by atoms with E-state index in [9.17, 15) is 13.2 Å². The van der Waals surface area contributed by atoms with E-state index in [0.29, 0.717) is 11.3 Å². The van der Waals surface area contributed by atoms with Gasteiger partial charge in [0.2, 0.25) is 0 Å². The highest BCUT2D eigenvalue weighted by Gasteiger charge is 2.15. The number of sulfonamides is 1. The standard InChI is InChI=1S/C19H18N2O3S2/c1-13-5-3-6-17(14(13)2)20-19(22)15-8-10-16(11-9-15)21-26(23,24)18-7-4-12-25-18/h3-12,21H,1-2H3,(H,20,22). The van der Waals surface area contributed by atoms with Crippen molar-refractivity contribution in [3.8, 4) is 0 Å². The summed E-state index contributed by atoms with van der Waals surface area (Å²) >= 11 is 1.15. The molecule has 1 aromatic heterocycles. The lowest BCUT2D eigenvalue weighted by atomic mass is 10.1. The van der Waals surface area contributed by atoms with Crippen molar-refractivity contribution in [2.45, 2.75) is 18.1 Å². The molecule has 0 aliphatic carbocycles. The average Bonchev–Trinajstić information content (AvgIpc) is 3.15. The third kappa shape index (κ3) is 3.95. The first-order valence-corrected chi connectivity index (χ1v) is 10.3. The first kappa shape index (κ1) is 18.2. The van der Waals surface area contributed by atoms with Crippen molar-refractivity contribution in [3.05, 3.63) is 76.7 Å². The molecule has 0 atom stereocenters. The molecule has 3 aromatic rings. The lowest BCUT2D eigenvalue weighted by Gasteiger charge is -2.11. The van der Waals surface area contributed by atoms with Gasteiger partial charge in [0.1, 0.15) is 4.21 Å². The zero-order valence-corrected chi connectivity index (χ0v) is 15.9. The molecule has 0 saturated carbocycles. The fraction of sp³-hybridized carbons (Fsp3) is 0.105. The molecule has 0 bridgehead atoms. The molecule has 0 saturated heterocycles. The lowest BCUT2D eigenvalue weighted by Crippen LogP contribution is -2.14. The van der Waals surface area contributed by atoms with Crippen LogP contribution in [0.15, 0.2) is 64.2 Å². The molecular formula is C19H18N2O3S2. The molecule has 1 amide bonds. The first-order chi connectivity index (χ1) is 12.4. The van der Waals surface area contributed by atoms with E-state index in [-0.39, 0.29) is 10.1 Å². The van der Waals surface area contributed by atoms with E-state index in [1.165, 1.54) is 0 Å². The molecule has 26 heavy (non-hydrogen) atoms. The Balaban J connectivity index is 1.73. The zero-order chi connectivity index (χ0) is 18.7. The molecule has 7 heteroatoms. The van der Waals surface area contributed by atoms with Crippen LogP contribution in [0, 0.1) is 13.8 Å². The lowest BCUT2D eigenvalue weighted by molar-refractivity contribution is 0.102. The molecule has 0 radical (unpaired) electrons. The van der Waals surface area contributed by atoms with Gasteiger partial charge >= 0.3 is 0 Å². The van der Waals surface area contributed by atoms with Gasteiger partial charge in [0.25, 0.3) is 15.9 Å². The van der Waals surface area contributed by atoms with Crippen LogP contribution in [-0.4, -0.2) is 14.3 Å². The van der Waals surface area contributed by atoms with Crippen LogP contribution in [0.3, 0.4) is 0 Å². The minimum absolute atomic E-state index is 0.244. The van der Waals surface area contributed by atoms with Gasteiger partial charge in [-0.25, -0.2) is 8.42 Å². The molecule has 5 nitrogen and oxygen atoms in total. The predicted octanol–water partition coefficient (Wildman–Crippen LogP) is 4.42. The van der Waals surface area contributed by atoms with Crippen molar-refractivity contribution in [3.63, 3.8) is 0 Å². The van der Waals surface area contributed by atoms with Crippen molar-refractivity contribution in [2.24, 2.45) is 0 Å². The van der Waals surface area contributed by atoms with E-state index in [1.807, 2.05) is 32.0 Å². The van der Waals surface area contributed by atoms with Gasteiger partial charge in [-0.15, -0.1) is 11.3 Å². The number of rotatable bonds is 5. The second kappa shape index (κ2) is 7.31. The number of carbonyl (C=O) groups excluding carboxylic acids is 1. The molecular weight excluding hydrogens is 368 g/mol. The average molecular weight is 386 g/mol. The number of aryl methyl sites for hydroxylation is 1. The molecule has 3 rings (SSSR count). The molecule has 1 heterocycles. The normalized spacial score (nSPS) is 11.2. The van der Waals surface area contributed by atoms with Crippen molar-refractivity contribution < 1.29 is 13.2 Å². The maximum absolute atomic E-state index is 12.4. The maximum Gasteiger partial charge on any atom is 0.271 e. The minimum Gasteiger partial charge on any atom is -0.322 e. The second-order valence-corrected chi connectivity index (χ2v) is 8.67. The van der Waals surface area contributed by atoms with Crippen LogP contribution >= 0.6 is 11.3 Å². The number of anilines is 2. The quantitative estimate of drug-likeness (QED) is 0.682. The summed E-state index contributed by atoms with van der Waals surface area (Å²) in [5.74, 6) is -0.244. The second-order valence-electron chi connectivity index (χ2n) is 5.82. The van der Waals surface area contributed by atoms with E-state index in [1.54, 1.807) is 41.8 Å². The summed E-state index contributed by atoms with van der Waals surface area (Å²) in [6.45, 7) is 3.94. The van der Waals surface area contributed by atoms with Gasteiger partial charge in [-0.1, -0.05) is 18.2 Å². The Kier molecular flexibility index (Phi) is 5.11. The molecule has 0 aliphatic heterocycles. The van der Waals surface area contributed by atoms with Gasteiger partial charge in [-0.2, -0.15) is 0 Å². The maximum atomic E-state index is 12.4. The monoisotopic (exact) mass is 386 g/mol. The van der Waals surface area contributed by atoms with E-state index < -0.39 is 10.0 Å². The van der Waals surface area contributed by atoms with Crippen molar-refractivity contribution >= 4 is 38.6 Å². The number of nitrogens with one attached hydrogen (secondary N) is 2. The zero-order valence-electron chi connectivity index (χ0n) is 14.3. The van der Waals surface area contributed by atoms with Gasteiger partial charge in [0, 0.05) is 16.9 Å². The van der Waals surface area contributed by atoms with Gasteiger partial charge in [-0.3, -0.25) is 9.52 Å². The van der Waals surface area contributed by atoms with E-state index >= 15 is 0 Å². The Morgan fingerprint density at radius 1 is 0.962 bits per heavy atom. The molecule has 134 valence electrons. The van der Waals surface area contributed by atoms with Crippen LogP contribution in [0.1, 0.15) is 21.5 Å². The third-order valence-corrected chi connectivity index (χ3v) is 6.79. The van der Waals surface area contributed by atoms with Crippen LogP contribution in [0.4, 0.5) is 11.4 Å². The minimum atomic E-state index is -3.59. The summed E-state index contributed by atoms with van der Waals surface area (Å²) in [5.41, 5.74) is 3.73. The van der Waals surface area contributed by atoms with E-state index in [2.05, 4.69) is 10.0 Å². The Hall–Kier alpha value is -2.64. The highest BCUT2D eigenvalue weighted by Crippen LogP contribution is 2.22. The molecule has 2 aromatic carbocycles. The van der Waals surface area contributed by atoms with Gasteiger partial charge in [0.15, 0.2) is 0 Å². The van der Waals surface area contributed by atoms with Gasteiger partial charge < -0.3 is 5.32 Å². The Bertz CT molecular complexity index is 1030. The summed E-state index contributed by atoms with van der Waals surface area (Å²) in [5, 5.41) is 4.59. The third-order valence-electron chi connectivity index (χ3n) is 4.01. The van der Waals surface area contributed by atoms with Crippen LogP contribution in [0.2, 0.25) is 0 Å². The predicted molar refractivity (Wildman–Crippen MR) is 105 cm³/mol. The SMILES string of the molecule is Cc1cccc(NC(=O)c2ccc(NS(=O)(=O)c3cccs3)cc2)c1C. The molecule has 0 spiro atoms. The van der Waals surface area contributed by atoms with Crippen molar-refractivity contribution in [1.82, 2.24) is 0 Å². The number of hydrogen-bond donors (Lipinski definition) is 2. The summed E-state index contributed by atoms with van der Waals surface area (Å²) in [7, 11) is -3.59. The van der Waals surface area contributed by atoms with E-state index in [0.717, 1.165) is 28.2 Å². The Morgan fingerprint density at radius 2 is 1.69 bits per heavy atom. The first-order valence-electron chi connectivity index (χ1n) is 7.91. The largest absolute Gasteiger partial charge is 0.322 e. The fourth-order valence-corrected chi connectivity index (χ4v) is 4.44. The summed E-state index contributed by atoms with van der Waals surface area (Å²) in [6.07, 6.45) is 0. The van der Waals surface area contributed by atoms with Gasteiger partial charge in [-0.05, 0) is 66.8 Å². The topological polar surface area (TPSA) is 75.3 Å². The summed E-state index contributed by atoms with van der Waals surface area (Å²) in [4.78, 5) is 12.4. The Labute approximate surface area is 156 Å². The highest BCUT2D eigenvalue weighted by molar-refractivity contribution is 7.94. The molecule has 2 N–H and O–H groups in total. The summed E-state index contributed by atoms with van der Waals surface area (Å²) < 4.78 is 27.2. The molecule has 0 aliphatic rings. The van der Waals surface area contributed by atoms with Crippen LogP contribution < -0.4 is 10.0 Å². The molecule has 0 fully saturated rings. The van der Waals surface area contributed by atoms with Crippen LogP contribution in [-0.2, 0) is 10.0 Å². The Morgan fingerprint density at radius 3 is 2.35 bits per heavy atom. The number of benzene rings is 2. The number of thiophene rings is 1. The van der Waals surface area contributed by atoms with Crippen LogP contribution in [0.25, 0.3) is 0 Å². The number of hydrogen-bond acceptors (Lipinski definition) is 4. The summed E-state index contributed by atoms with van der Waals surface area (Å²) in [6, 6.07) is 15.3. The van der Waals surface area contributed by atoms with E-state index in [4.69, 9.17) is 0 Å². The van der Waals surface area contributed by atoms with Crippen LogP contribution in [0.5, 0.6) is 0 Å². The number of amides is 1. The van der Waals surface area contributed by atoms with Crippen molar-refractivity contribution in [1.29, 1.82) is 0 Å².